The van der Waals surface area contributed by atoms with E-state index >= 15 is 0 Å². The molecule has 0 spiro atoms. The zero-order valence-electron chi connectivity index (χ0n) is 15.4. The highest BCUT2D eigenvalue weighted by molar-refractivity contribution is 6.45. The van der Waals surface area contributed by atoms with Crippen molar-refractivity contribution in [2.24, 2.45) is 10.9 Å². The van der Waals surface area contributed by atoms with Gasteiger partial charge >= 0.3 is 0 Å². The second-order valence-corrected chi connectivity index (χ2v) is 7.39. The van der Waals surface area contributed by atoms with Crippen LogP contribution in [0.1, 0.15) is 43.0 Å². The Morgan fingerprint density at radius 2 is 2.04 bits per heavy atom. The first-order chi connectivity index (χ1) is 13.1. The lowest BCUT2D eigenvalue weighted by Gasteiger charge is -2.26. The number of rotatable bonds is 5. The summed E-state index contributed by atoms with van der Waals surface area (Å²) in [6.45, 7) is 2.64. The number of aromatic amines is 1. The van der Waals surface area contributed by atoms with E-state index in [0.29, 0.717) is 35.9 Å². The van der Waals surface area contributed by atoms with Crippen LogP contribution >= 0.6 is 0 Å². The highest BCUT2D eigenvalue weighted by Gasteiger charge is 2.25. The molecule has 1 aliphatic heterocycles. The maximum absolute atomic E-state index is 12.8. The van der Waals surface area contributed by atoms with Gasteiger partial charge in [-0.3, -0.25) is 14.6 Å². The molecule has 1 aliphatic carbocycles. The lowest BCUT2D eigenvalue weighted by Crippen LogP contribution is -2.42. The van der Waals surface area contributed by atoms with Crippen LogP contribution in [-0.2, 0) is 4.79 Å². The number of carbonyl (C=O) groups is 2. The predicted molar refractivity (Wildman–Crippen MR) is 106 cm³/mol. The Balaban J connectivity index is 1.49. The van der Waals surface area contributed by atoms with Crippen molar-refractivity contribution in [2.75, 3.05) is 6.54 Å². The van der Waals surface area contributed by atoms with Crippen molar-refractivity contribution in [3.05, 3.63) is 47.8 Å². The van der Waals surface area contributed by atoms with Crippen molar-refractivity contribution in [3.8, 4) is 0 Å². The van der Waals surface area contributed by atoms with Crippen LogP contribution in [0.25, 0.3) is 10.9 Å². The van der Waals surface area contributed by atoms with Gasteiger partial charge in [-0.25, -0.2) is 0 Å². The second-order valence-electron chi connectivity index (χ2n) is 7.39. The molecule has 2 amide bonds. The van der Waals surface area contributed by atoms with Crippen LogP contribution in [-0.4, -0.2) is 35.1 Å². The van der Waals surface area contributed by atoms with Gasteiger partial charge in [-0.15, -0.1) is 0 Å². The number of nitrogens with zero attached hydrogens (tertiary/aromatic N) is 1. The zero-order chi connectivity index (χ0) is 18.8. The van der Waals surface area contributed by atoms with Gasteiger partial charge in [0.2, 0.25) is 0 Å². The highest BCUT2D eigenvalue weighted by Crippen LogP contribution is 2.25. The van der Waals surface area contributed by atoms with Gasteiger partial charge < -0.3 is 15.6 Å². The lowest BCUT2D eigenvalue weighted by molar-refractivity contribution is -0.115. The summed E-state index contributed by atoms with van der Waals surface area (Å²) in [6.07, 6.45) is 7.86. The van der Waals surface area contributed by atoms with Crippen molar-refractivity contribution in [1.82, 2.24) is 15.6 Å². The lowest BCUT2D eigenvalue weighted by atomic mass is 9.85. The van der Waals surface area contributed by atoms with Gasteiger partial charge in [-0.05, 0) is 38.2 Å². The number of amides is 2. The maximum atomic E-state index is 12.8. The van der Waals surface area contributed by atoms with E-state index in [-0.39, 0.29) is 17.9 Å². The number of hydrogen-bond acceptors (Lipinski definition) is 3. The number of nitrogens with one attached hydrogen (secondary N) is 3. The standard InChI is InChI=1S/C21H24N4O2/c1-13-9-10-18(19(24-13)21(27)23-11-14-5-4-6-14)25-20(26)16-12-22-17-8-3-2-7-15(16)17/h2-3,7-8,10,12-14,22H,4-6,9,11H2,1H3,(H,23,27)(H,25,26). The molecule has 0 radical (unpaired) electrons. The molecule has 1 atom stereocenters. The molecule has 1 fully saturated rings. The van der Waals surface area contributed by atoms with Crippen molar-refractivity contribution >= 4 is 28.4 Å². The molecule has 1 saturated carbocycles. The summed E-state index contributed by atoms with van der Waals surface area (Å²) in [7, 11) is 0. The van der Waals surface area contributed by atoms with E-state index in [9.17, 15) is 9.59 Å². The number of para-hydroxylation sites is 1. The number of benzene rings is 1. The monoisotopic (exact) mass is 364 g/mol. The maximum Gasteiger partial charge on any atom is 0.271 e. The van der Waals surface area contributed by atoms with Crippen LogP contribution < -0.4 is 10.6 Å². The summed E-state index contributed by atoms with van der Waals surface area (Å²) in [5, 5.41) is 6.72. The van der Waals surface area contributed by atoms with E-state index in [1.165, 1.54) is 19.3 Å². The number of dihydropyridines is 1. The molecule has 27 heavy (non-hydrogen) atoms. The molecule has 6 heteroatoms. The fraction of sp³-hybridized carbons (Fsp3) is 0.381. The smallest absolute Gasteiger partial charge is 0.271 e. The molecular weight excluding hydrogens is 340 g/mol. The molecule has 4 rings (SSSR count). The van der Waals surface area contributed by atoms with Crippen molar-refractivity contribution < 1.29 is 9.59 Å². The Bertz CT molecular complexity index is 937. The van der Waals surface area contributed by atoms with Crippen LogP contribution in [0.2, 0.25) is 0 Å². The second kappa shape index (κ2) is 7.39. The van der Waals surface area contributed by atoms with E-state index in [4.69, 9.17) is 0 Å². The Hall–Kier alpha value is -2.89. The third kappa shape index (κ3) is 3.65. The van der Waals surface area contributed by atoms with Gasteiger partial charge in [-0.1, -0.05) is 30.7 Å². The van der Waals surface area contributed by atoms with E-state index in [0.717, 1.165) is 10.9 Å². The van der Waals surface area contributed by atoms with Gasteiger partial charge in [-0.2, -0.15) is 0 Å². The third-order valence-corrected chi connectivity index (χ3v) is 5.34. The topological polar surface area (TPSA) is 86.3 Å². The molecule has 2 aliphatic rings. The highest BCUT2D eigenvalue weighted by atomic mass is 16.2. The summed E-state index contributed by atoms with van der Waals surface area (Å²) in [5.74, 6) is 0.121. The number of H-pyrrole nitrogens is 1. The van der Waals surface area contributed by atoms with Crippen molar-refractivity contribution in [1.29, 1.82) is 0 Å². The minimum Gasteiger partial charge on any atom is -0.360 e. The first-order valence-corrected chi connectivity index (χ1v) is 9.56. The molecule has 1 unspecified atom stereocenters. The van der Waals surface area contributed by atoms with Crippen LogP contribution in [0, 0.1) is 5.92 Å². The first-order valence-electron chi connectivity index (χ1n) is 9.56. The zero-order valence-corrected chi connectivity index (χ0v) is 15.4. The van der Waals surface area contributed by atoms with Gasteiger partial charge in [0.05, 0.1) is 17.3 Å². The largest absolute Gasteiger partial charge is 0.360 e. The summed E-state index contributed by atoms with van der Waals surface area (Å²) >= 11 is 0. The Morgan fingerprint density at radius 3 is 2.81 bits per heavy atom. The number of aromatic nitrogens is 1. The van der Waals surface area contributed by atoms with Crippen LogP contribution in [0.15, 0.2) is 47.2 Å². The third-order valence-electron chi connectivity index (χ3n) is 5.34. The molecule has 3 N–H and O–H groups in total. The minimum absolute atomic E-state index is 0.0307. The van der Waals surface area contributed by atoms with Gasteiger partial charge in [0.15, 0.2) is 0 Å². The fourth-order valence-electron chi connectivity index (χ4n) is 3.49. The van der Waals surface area contributed by atoms with Crippen molar-refractivity contribution in [3.63, 3.8) is 0 Å². The Labute approximate surface area is 158 Å². The van der Waals surface area contributed by atoms with Gasteiger partial charge in [0.1, 0.15) is 5.71 Å². The van der Waals surface area contributed by atoms with E-state index < -0.39 is 0 Å². The fourth-order valence-corrected chi connectivity index (χ4v) is 3.49. The molecule has 0 saturated heterocycles. The molecule has 2 aromatic rings. The molecule has 6 nitrogen and oxygen atoms in total. The molecule has 140 valence electrons. The molecule has 1 aromatic carbocycles. The summed E-state index contributed by atoms with van der Waals surface area (Å²) in [5.41, 5.74) is 2.27. The van der Waals surface area contributed by atoms with Crippen LogP contribution in [0.5, 0.6) is 0 Å². The Kier molecular flexibility index (Phi) is 4.79. The average molecular weight is 364 g/mol. The van der Waals surface area contributed by atoms with E-state index in [1.54, 1.807) is 6.20 Å². The molecular formula is C21H24N4O2. The van der Waals surface area contributed by atoms with Crippen LogP contribution in [0.3, 0.4) is 0 Å². The van der Waals surface area contributed by atoms with Gasteiger partial charge in [0.25, 0.3) is 11.8 Å². The van der Waals surface area contributed by atoms with E-state index in [1.807, 2.05) is 37.3 Å². The first kappa shape index (κ1) is 17.5. The SMILES string of the molecule is CC1CC=C(NC(=O)c2c[nH]c3ccccc23)C(C(=O)NCC2CCC2)=N1. The number of aliphatic imine (C=N–C) groups is 1. The summed E-state index contributed by atoms with van der Waals surface area (Å²) in [4.78, 5) is 33.0. The summed E-state index contributed by atoms with van der Waals surface area (Å²) in [6, 6.07) is 7.67. The quantitative estimate of drug-likeness (QED) is 0.762. The number of fused-ring (bicyclic) bond motifs is 1. The summed E-state index contributed by atoms with van der Waals surface area (Å²) < 4.78 is 0. The number of hydrogen-bond donors (Lipinski definition) is 3. The molecule has 1 aromatic heterocycles. The van der Waals surface area contributed by atoms with Crippen LogP contribution in [0.4, 0.5) is 0 Å². The average Bonchev–Trinajstić information content (AvgIpc) is 3.06. The minimum atomic E-state index is -0.243. The predicted octanol–water partition coefficient (Wildman–Crippen LogP) is 2.93. The van der Waals surface area contributed by atoms with E-state index in [2.05, 4.69) is 20.6 Å². The Morgan fingerprint density at radius 1 is 1.22 bits per heavy atom. The molecule has 0 bridgehead atoms. The van der Waals surface area contributed by atoms with Gasteiger partial charge in [0, 0.05) is 23.6 Å². The molecule has 2 heterocycles. The number of carbonyl (C=O) groups excluding carboxylic acids is 2. The normalized spacial score (nSPS) is 19.8. The van der Waals surface area contributed by atoms with Crippen molar-refractivity contribution in [2.45, 2.75) is 38.6 Å².